The SMILES string of the molecule is Cc1cccc(-c2nccc(Nc3ccnc(Nc4ccc5n[nH]nc5c4)n3)n2)n1. The van der Waals surface area contributed by atoms with Gasteiger partial charge in [0.05, 0.1) is 0 Å². The number of H-pyrrole nitrogens is 1. The van der Waals surface area contributed by atoms with Crippen molar-refractivity contribution in [2.45, 2.75) is 6.92 Å². The van der Waals surface area contributed by atoms with Crippen LogP contribution in [-0.2, 0) is 0 Å². The lowest BCUT2D eigenvalue weighted by Crippen LogP contribution is -2.02. The Labute approximate surface area is 170 Å². The van der Waals surface area contributed by atoms with Crippen molar-refractivity contribution in [2.75, 3.05) is 10.6 Å². The first-order valence-electron chi connectivity index (χ1n) is 9.18. The Morgan fingerprint density at radius 2 is 1.60 bits per heavy atom. The Kier molecular flexibility index (Phi) is 4.41. The van der Waals surface area contributed by atoms with Crippen molar-refractivity contribution in [2.24, 2.45) is 0 Å². The predicted octanol–water partition coefficient (Wildman–Crippen LogP) is 3.40. The van der Waals surface area contributed by atoms with Gasteiger partial charge in [0, 0.05) is 23.8 Å². The van der Waals surface area contributed by atoms with Crippen molar-refractivity contribution >= 4 is 34.3 Å². The molecule has 4 heterocycles. The minimum Gasteiger partial charge on any atom is -0.325 e. The van der Waals surface area contributed by atoms with E-state index in [0.29, 0.717) is 29.1 Å². The second kappa shape index (κ2) is 7.51. The highest BCUT2D eigenvalue weighted by Crippen LogP contribution is 2.20. The van der Waals surface area contributed by atoms with Gasteiger partial charge in [-0.2, -0.15) is 20.4 Å². The molecule has 30 heavy (non-hydrogen) atoms. The molecule has 0 atom stereocenters. The molecule has 0 aliphatic carbocycles. The molecule has 0 unspecified atom stereocenters. The zero-order chi connectivity index (χ0) is 20.3. The number of anilines is 4. The van der Waals surface area contributed by atoms with Gasteiger partial charge in [0.15, 0.2) is 5.82 Å². The molecule has 0 fully saturated rings. The fraction of sp³-hybridized carbons (Fsp3) is 0.0500. The third-order valence-electron chi connectivity index (χ3n) is 4.26. The van der Waals surface area contributed by atoms with Crippen LogP contribution in [0, 0.1) is 6.92 Å². The maximum absolute atomic E-state index is 4.54. The Morgan fingerprint density at radius 3 is 2.50 bits per heavy atom. The average molecular weight is 396 g/mol. The zero-order valence-corrected chi connectivity index (χ0v) is 15.9. The summed E-state index contributed by atoms with van der Waals surface area (Å²) in [4.78, 5) is 22.1. The highest BCUT2D eigenvalue weighted by atomic mass is 15.3. The smallest absolute Gasteiger partial charge is 0.229 e. The first-order valence-corrected chi connectivity index (χ1v) is 9.18. The molecule has 0 saturated carbocycles. The second-order valence-corrected chi connectivity index (χ2v) is 6.47. The highest BCUT2D eigenvalue weighted by molar-refractivity contribution is 5.79. The molecule has 0 amide bonds. The first-order chi connectivity index (χ1) is 14.7. The molecule has 0 spiro atoms. The summed E-state index contributed by atoms with van der Waals surface area (Å²) in [6, 6.07) is 14.9. The van der Waals surface area contributed by atoms with E-state index < -0.39 is 0 Å². The van der Waals surface area contributed by atoms with Crippen LogP contribution < -0.4 is 10.6 Å². The number of hydrogen-bond donors (Lipinski definition) is 3. The minimum atomic E-state index is 0.442. The first kappa shape index (κ1) is 17.6. The summed E-state index contributed by atoms with van der Waals surface area (Å²) in [5, 5.41) is 17.1. The lowest BCUT2D eigenvalue weighted by atomic mass is 10.3. The molecule has 10 nitrogen and oxygen atoms in total. The number of rotatable bonds is 5. The Balaban J connectivity index is 1.36. The Hall–Kier alpha value is -4.47. The van der Waals surface area contributed by atoms with Crippen molar-refractivity contribution in [3.05, 3.63) is 66.6 Å². The molecule has 0 aliphatic rings. The van der Waals surface area contributed by atoms with Gasteiger partial charge >= 0.3 is 0 Å². The molecule has 0 bridgehead atoms. The molecule has 0 saturated heterocycles. The summed E-state index contributed by atoms with van der Waals surface area (Å²) in [5.74, 6) is 2.18. The molecule has 4 aromatic heterocycles. The van der Waals surface area contributed by atoms with Crippen LogP contribution in [0.1, 0.15) is 5.69 Å². The molecular weight excluding hydrogens is 380 g/mol. The van der Waals surface area contributed by atoms with Gasteiger partial charge in [0.25, 0.3) is 0 Å². The molecule has 0 aliphatic heterocycles. The summed E-state index contributed by atoms with van der Waals surface area (Å²) in [5.41, 5.74) is 3.98. The van der Waals surface area contributed by atoms with Gasteiger partial charge in [-0.25, -0.2) is 19.9 Å². The zero-order valence-electron chi connectivity index (χ0n) is 15.9. The maximum Gasteiger partial charge on any atom is 0.229 e. The van der Waals surface area contributed by atoms with Crippen molar-refractivity contribution in [1.29, 1.82) is 0 Å². The molecule has 0 radical (unpaired) electrons. The summed E-state index contributed by atoms with van der Waals surface area (Å²) >= 11 is 0. The van der Waals surface area contributed by atoms with Gasteiger partial charge in [0.1, 0.15) is 28.4 Å². The fourth-order valence-corrected chi connectivity index (χ4v) is 2.89. The second-order valence-electron chi connectivity index (χ2n) is 6.47. The van der Waals surface area contributed by atoms with Gasteiger partial charge < -0.3 is 10.6 Å². The van der Waals surface area contributed by atoms with Crippen LogP contribution in [0.25, 0.3) is 22.6 Å². The maximum atomic E-state index is 4.54. The number of aromatic nitrogens is 8. The molecule has 3 N–H and O–H groups in total. The molecule has 5 aromatic rings. The van der Waals surface area contributed by atoms with E-state index >= 15 is 0 Å². The number of pyridine rings is 1. The standard InChI is InChI=1S/C20H16N10/c1-12-3-2-4-15(23-12)19-21-9-7-17(26-19)25-18-8-10-22-20(27-18)24-13-5-6-14-16(11-13)29-30-28-14/h2-11H,1H3,(H,28,29,30)(H2,21,22,24,25,26,27). The summed E-state index contributed by atoms with van der Waals surface area (Å²) in [7, 11) is 0. The molecule has 10 heteroatoms. The number of hydrogen-bond acceptors (Lipinski definition) is 9. The number of fused-ring (bicyclic) bond motifs is 1. The quantitative estimate of drug-likeness (QED) is 0.409. The van der Waals surface area contributed by atoms with Gasteiger partial charge in [-0.3, -0.25) is 0 Å². The molecular formula is C20H16N10. The van der Waals surface area contributed by atoms with Gasteiger partial charge in [0.2, 0.25) is 5.95 Å². The largest absolute Gasteiger partial charge is 0.325 e. The van der Waals surface area contributed by atoms with Crippen LogP contribution in [0.3, 0.4) is 0 Å². The third kappa shape index (κ3) is 3.74. The topological polar surface area (TPSA) is 130 Å². The summed E-state index contributed by atoms with van der Waals surface area (Å²) < 4.78 is 0. The number of benzene rings is 1. The van der Waals surface area contributed by atoms with E-state index in [0.717, 1.165) is 22.4 Å². The van der Waals surface area contributed by atoms with Crippen LogP contribution in [0.15, 0.2) is 60.9 Å². The van der Waals surface area contributed by atoms with E-state index in [4.69, 9.17) is 0 Å². The third-order valence-corrected chi connectivity index (χ3v) is 4.26. The van der Waals surface area contributed by atoms with Crippen molar-refractivity contribution in [3.63, 3.8) is 0 Å². The lowest BCUT2D eigenvalue weighted by molar-refractivity contribution is 0.959. The van der Waals surface area contributed by atoms with E-state index in [9.17, 15) is 0 Å². The van der Waals surface area contributed by atoms with Crippen LogP contribution in [0.5, 0.6) is 0 Å². The van der Waals surface area contributed by atoms with Crippen LogP contribution >= 0.6 is 0 Å². The molecule has 146 valence electrons. The average Bonchev–Trinajstić information content (AvgIpc) is 3.22. The van der Waals surface area contributed by atoms with E-state index in [2.05, 4.69) is 51.0 Å². The summed E-state index contributed by atoms with van der Waals surface area (Å²) in [6.45, 7) is 1.93. The van der Waals surface area contributed by atoms with Gasteiger partial charge in [-0.15, -0.1) is 0 Å². The Bertz CT molecular complexity index is 1330. The molecule has 1 aromatic carbocycles. The van der Waals surface area contributed by atoms with Gasteiger partial charge in [-0.1, -0.05) is 6.07 Å². The van der Waals surface area contributed by atoms with Gasteiger partial charge in [-0.05, 0) is 49.4 Å². The number of aryl methyl sites for hydroxylation is 1. The lowest BCUT2D eigenvalue weighted by Gasteiger charge is -2.09. The van der Waals surface area contributed by atoms with E-state index in [-0.39, 0.29) is 0 Å². The van der Waals surface area contributed by atoms with E-state index in [1.807, 2.05) is 43.3 Å². The van der Waals surface area contributed by atoms with Crippen molar-refractivity contribution in [1.82, 2.24) is 40.3 Å². The monoisotopic (exact) mass is 396 g/mol. The normalized spacial score (nSPS) is 10.8. The van der Waals surface area contributed by atoms with Crippen LogP contribution in [0.4, 0.5) is 23.3 Å². The van der Waals surface area contributed by atoms with Crippen LogP contribution in [-0.4, -0.2) is 40.3 Å². The number of nitrogens with zero attached hydrogens (tertiary/aromatic N) is 7. The minimum absolute atomic E-state index is 0.442. The Morgan fingerprint density at radius 1 is 0.767 bits per heavy atom. The van der Waals surface area contributed by atoms with E-state index in [1.165, 1.54) is 0 Å². The number of nitrogens with one attached hydrogen (secondary N) is 3. The fourth-order valence-electron chi connectivity index (χ4n) is 2.89. The van der Waals surface area contributed by atoms with Crippen molar-refractivity contribution in [3.8, 4) is 11.5 Å². The predicted molar refractivity (Wildman–Crippen MR) is 112 cm³/mol. The van der Waals surface area contributed by atoms with Crippen molar-refractivity contribution < 1.29 is 0 Å². The van der Waals surface area contributed by atoms with E-state index in [1.54, 1.807) is 24.5 Å². The molecule has 5 rings (SSSR count). The highest BCUT2D eigenvalue weighted by Gasteiger charge is 2.07. The van der Waals surface area contributed by atoms with Crippen LogP contribution in [0.2, 0.25) is 0 Å². The summed E-state index contributed by atoms with van der Waals surface area (Å²) in [6.07, 6.45) is 3.35. The number of aromatic amines is 1.